The maximum atomic E-state index is 8.80. The van der Waals surface area contributed by atoms with Gasteiger partial charge in [-0.1, -0.05) is 0 Å². The van der Waals surface area contributed by atoms with E-state index in [4.69, 9.17) is 10.8 Å². The van der Waals surface area contributed by atoms with E-state index < -0.39 is 0 Å². The molecule has 4 nitrogen and oxygen atoms in total. The lowest BCUT2D eigenvalue weighted by Gasteiger charge is -2.18. The van der Waals surface area contributed by atoms with E-state index in [9.17, 15) is 0 Å². The van der Waals surface area contributed by atoms with Crippen LogP contribution in [0, 0.1) is 0 Å². The second-order valence-electron chi connectivity index (χ2n) is 3.16. The Morgan fingerprint density at radius 3 is 2.64 bits per heavy atom. The number of nitrogens with two attached hydrogens (primary N) is 1. The third kappa shape index (κ3) is 4.64. The number of hydrogen-bond donors (Lipinski definition) is 3. The summed E-state index contributed by atoms with van der Waals surface area (Å²) in [5.74, 6) is 0. The minimum absolute atomic E-state index is 0. The summed E-state index contributed by atoms with van der Waals surface area (Å²) >= 11 is 0. The molecular formula is C9H19N3OS. The van der Waals surface area contributed by atoms with Gasteiger partial charge in [-0.3, -0.25) is 4.99 Å². The van der Waals surface area contributed by atoms with Crippen LogP contribution in [-0.4, -0.2) is 37.1 Å². The van der Waals surface area contributed by atoms with E-state index in [1.54, 1.807) is 6.21 Å². The van der Waals surface area contributed by atoms with E-state index >= 15 is 0 Å². The molecule has 82 valence electrons. The van der Waals surface area contributed by atoms with Gasteiger partial charge in [0.15, 0.2) is 0 Å². The molecule has 1 saturated heterocycles. The molecular weight excluding hydrogens is 198 g/mol. The van der Waals surface area contributed by atoms with Crippen LogP contribution in [0.2, 0.25) is 0 Å². The first kappa shape index (κ1) is 13.5. The van der Waals surface area contributed by atoms with E-state index in [0.717, 1.165) is 25.9 Å². The Balaban J connectivity index is 0.00000169. The topological polar surface area (TPSA) is 70.6 Å². The Bertz CT molecular complexity index is 200. The highest BCUT2D eigenvalue weighted by Crippen LogP contribution is 2.06. The van der Waals surface area contributed by atoms with Gasteiger partial charge in [0.1, 0.15) is 0 Å². The van der Waals surface area contributed by atoms with Crippen LogP contribution in [0.3, 0.4) is 0 Å². The molecule has 0 aromatic carbocycles. The zero-order valence-electron chi connectivity index (χ0n) is 8.24. The van der Waals surface area contributed by atoms with Crippen molar-refractivity contribution in [2.45, 2.75) is 18.9 Å². The average molecular weight is 217 g/mol. The summed E-state index contributed by atoms with van der Waals surface area (Å²) in [6, 6.07) is 0.391. The van der Waals surface area contributed by atoms with Crippen LogP contribution in [-0.2, 0) is 0 Å². The molecule has 5 heteroatoms. The molecule has 4 N–H and O–H groups in total. The molecule has 0 spiro atoms. The van der Waals surface area contributed by atoms with Crippen molar-refractivity contribution in [2.75, 3.05) is 19.7 Å². The standard InChI is InChI=1S/C9H17N3O.H2S/c10-5-8(7-13)6-12-9-1-3-11-4-2-9;/h5-6,9,11,13H,1-4,7,10H2;1H2/b8-5+,12-6?;. The fraction of sp³-hybridized carbons (Fsp3) is 0.667. The van der Waals surface area contributed by atoms with E-state index in [0.29, 0.717) is 11.6 Å². The van der Waals surface area contributed by atoms with E-state index in [1.165, 1.54) is 6.20 Å². The van der Waals surface area contributed by atoms with Gasteiger partial charge in [-0.2, -0.15) is 13.5 Å². The minimum Gasteiger partial charge on any atom is -0.404 e. The van der Waals surface area contributed by atoms with Gasteiger partial charge in [-0.05, 0) is 25.9 Å². The molecule has 1 aliphatic rings. The first-order valence-electron chi connectivity index (χ1n) is 4.62. The number of piperidine rings is 1. The smallest absolute Gasteiger partial charge is 0.0710 e. The van der Waals surface area contributed by atoms with Crippen molar-refractivity contribution in [1.29, 1.82) is 0 Å². The first-order valence-corrected chi connectivity index (χ1v) is 4.62. The summed E-state index contributed by atoms with van der Waals surface area (Å²) in [5.41, 5.74) is 5.95. The summed E-state index contributed by atoms with van der Waals surface area (Å²) in [6.45, 7) is 2.02. The molecule has 0 amide bonds. The molecule has 1 aliphatic heterocycles. The van der Waals surface area contributed by atoms with Gasteiger partial charge < -0.3 is 16.2 Å². The number of hydrogen-bond acceptors (Lipinski definition) is 4. The third-order valence-corrected chi connectivity index (χ3v) is 2.16. The van der Waals surface area contributed by atoms with Crippen molar-refractivity contribution < 1.29 is 5.11 Å². The predicted octanol–water partition coefficient (Wildman–Crippen LogP) is -0.243. The van der Waals surface area contributed by atoms with E-state index in [-0.39, 0.29) is 20.1 Å². The van der Waals surface area contributed by atoms with Crippen LogP contribution in [0.15, 0.2) is 16.8 Å². The van der Waals surface area contributed by atoms with Crippen molar-refractivity contribution in [3.63, 3.8) is 0 Å². The fourth-order valence-electron chi connectivity index (χ4n) is 1.29. The summed E-state index contributed by atoms with van der Waals surface area (Å²) in [4.78, 5) is 4.35. The lowest BCUT2D eigenvalue weighted by atomic mass is 10.1. The molecule has 1 rings (SSSR count). The van der Waals surface area contributed by atoms with E-state index in [2.05, 4.69) is 10.3 Å². The van der Waals surface area contributed by atoms with Crippen molar-refractivity contribution in [2.24, 2.45) is 10.7 Å². The number of aliphatic imine (C=N–C) groups is 1. The van der Waals surface area contributed by atoms with Crippen molar-refractivity contribution in [1.82, 2.24) is 5.32 Å². The Hall–Kier alpha value is -0.520. The molecule has 14 heavy (non-hydrogen) atoms. The van der Waals surface area contributed by atoms with Crippen LogP contribution < -0.4 is 11.1 Å². The zero-order valence-corrected chi connectivity index (χ0v) is 9.24. The largest absolute Gasteiger partial charge is 0.404 e. The number of rotatable bonds is 3. The molecule has 0 atom stereocenters. The summed E-state index contributed by atoms with van der Waals surface area (Å²) in [6.07, 6.45) is 5.21. The fourth-order valence-corrected chi connectivity index (χ4v) is 1.29. The van der Waals surface area contributed by atoms with Crippen LogP contribution in [0.4, 0.5) is 0 Å². The molecule has 0 bridgehead atoms. The van der Waals surface area contributed by atoms with Crippen molar-refractivity contribution in [3.8, 4) is 0 Å². The first-order chi connectivity index (χ1) is 6.36. The lowest BCUT2D eigenvalue weighted by molar-refractivity contribution is 0.337. The quantitative estimate of drug-likeness (QED) is 0.571. The van der Waals surface area contributed by atoms with Gasteiger partial charge in [0.2, 0.25) is 0 Å². The third-order valence-electron chi connectivity index (χ3n) is 2.16. The Morgan fingerprint density at radius 1 is 1.50 bits per heavy atom. The SMILES string of the molecule is N/C=C(\C=NC1CCNCC1)CO.S. The zero-order chi connectivity index (χ0) is 9.52. The van der Waals surface area contributed by atoms with Crippen molar-refractivity contribution >= 4 is 19.7 Å². The molecule has 0 unspecified atom stereocenters. The highest BCUT2D eigenvalue weighted by molar-refractivity contribution is 7.59. The lowest BCUT2D eigenvalue weighted by Crippen LogP contribution is -2.29. The average Bonchev–Trinajstić information content (AvgIpc) is 2.21. The molecule has 0 saturated carbocycles. The molecule has 0 aliphatic carbocycles. The molecule has 0 aromatic rings. The van der Waals surface area contributed by atoms with Crippen LogP contribution in [0.5, 0.6) is 0 Å². The normalized spacial score (nSPS) is 19.6. The summed E-state index contributed by atoms with van der Waals surface area (Å²) in [7, 11) is 0. The maximum absolute atomic E-state index is 8.80. The van der Waals surface area contributed by atoms with Crippen LogP contribution in [0.25, 0.3) is 0 Å². The van der Waals surface area contributed by atoms with Gasteiger partial charge in [0, 0.05) is 18.0 Å². The molecule has 0 radical (unpaired) electrons. The van der Waals surface area contributed by atoms with Gasteiger partial charge in [-0.25, -0.2) is 0 Å². The Kier molecular flexibility index (Phi) is 7.55. The van der Waals surface area contributed by atoms with Crippen LogP contribution >= 0.6 is 13.5 Å². The Labute approximate surface area is 91.7 Å². The molecule has 1 fully saturated rings. The monoisotopic (exact) mass is 217 g/mol. The highest BCUT2D eigenvalue weighted by Gasteiger charge is 2.09. The van der Waals surface area contributed by atoms with Gasteiger partial charge >= 0.3 is 0 Å². The molecule has 0 aromatic heterocycles. The summed E-state index contributed by atoms with van der Waals surface area (Å²) in [5, 5.41) is 12.1. The van der Waals surface area contributed by atoms with Crippen LogP contribution in [0.1, 0.15) is 12.8 Å². The number of aliphatic hydroxyl groups is 1. The summed E-state index contributed by atoms with van der Waals surface area (Å²) < 4.78 is 0. The maximum Gasteiger partial charge on any atom is 0.0710 e. The number of nitrogens with zero attached hydrogens (tertiary/aromatic N) is 1. The second kappa shape index (κ2) is 7.84. The predicted molar refractivity (Wildman–Crippen MR) is 64.1 cm³/mol. The number of nitrogens with one attached hydrogen (secondary N) is 1. The second-order valence-corrected chi connectivity index (χ2v) is 3.16. The van der Waals surface area contributed by atoms with Crippen molar-refractivity contribution in [3.05, 3.63) is 11.8 Å². The highest BCUT2D eigenvalue weighted by atomic mass is 32.1. The van der Waals surface area contributed by atoms with Gasteiger partial charge in [0.25, 0.3) is 0 Å². The van der Waals surface area contributed by atoms with E-state index in [1.807, 2.05) is 0 Å². The van der Waals surface area contributed by atoms with Gasteiger partial charge in [0.05, 0.1) is 12.6 Å². The Morgan fingerprint density at radius 2 is 2.14 bits per heavy atom. The van der Waals surface area contributed by atoms with Gasteiger partial charge in [-0.15, -0.1) is 0 Å². The minimum atomic E-state index is -0.0367. The number of aliphatic hydroxyl groups excluding tert-OH is 1. The molecule has 1 heterocycles.